The molecule has 1 unspecified atom stereocenters. The second kappa shape index (κ2) is 5.43. The van der Waals surface area contributed by atoms with Crippen molar-refractivity contribution in [2.45, 2.75) is 17.4 Å². The van der Waals surface area contributed by atoms with Gasteiger partial charge in [0.05, 0.1) is 5.69 Å². The van der Waals surface area contributed by atoms with E-state index in [0.717, 1.165) is 5.56 Å². The molecular formula is C15H15N3O3S. The zero-order chi connectivity index (χ0) is 15.7. The first-order valence-electron chi connectivity index (χ1n) is 6.72. The number of rotatable bonds is 2. The molecule has 1 aliphatic rings. The molecular weight excluding hydrogens is 302 g/mol. The Morgan fingerprint density at radius 2 is 1.82 bits per heavy atom. The summed E-state index contributed by atoms with van der Waals surface area (Å²) >= 11 is 0. The van der Waals surface area contributed by atoms with Crippen molar-refractivity contribution < 1.29 is 13.2 Å². The monoisotopic (exact) mass is 317 g/mol. The van der Waals surface area contributed by atoms with E-state index < -0.39 is 22.0 Å². The molecule has 4 N–H and O–H groups in total. The van der Waals surface area contributed by atoms with Crippen LogP contribution < -0.4 is 15.8 Å². The molecule has 0 aliphatic carbocycles. The second-order valence-corrected chi connectivity index (χ2v) is 6.79. The lowest BCUT2D eigenvalue weighted by molar-refractivity contribution is -0.117. The number of hydrogen-bond donors (Lipinski definition) is 3. The number of amides is 1. The van der Waals surface area contributed by atoms with E-state index in [4.69, 9.17) is 5.73 Å². The van der Waals surface area contributed by atoms with Gasteiger partial charge in [0.1, 0.15) is 10.9 Å². The highest BCUT2D eigenvalue weighted by atomic mass is 32.2. The number of carbonyl (C=O) groups excluding carboxylic acids is 1. The third-order valence-electron chi connectivity index (χ3n) is 3.45. The normalized spacial score (nSPS) is 19.8. The summed E-state index contributed by atoms with van der Waals surface area (Å²) < 4.78 is 27.3. The Morgan fingerprint density at radius 1 is 1.09 bits per heavy atom. The van der Waals surface area contributed by atoms with Crippen molar-refractivity contribution in [1.82, 2.24) is 4.72 Å². The molecule has 3 rings (SSSR count). The number of sulfonamides is 1. The van der Waals surface area contributed by atoms with Crippen molar-refractivity contribution in [1.29, 1.82) is 0 Å². The van der Waals surface area contributed by atoms with Crippen molar-refractivity contribution >= 4 is 27.3 Å². The summed E-state index contributed by atoms with van der Waals surface area (Å²) in [5.74, 6) is -0.406. The Labute approximate surface area is 128 Å². The summed E-state index contributed by atoms with van der Waals surface area (Å²) in [6.45, 7) is 0. The van der Waals surface area contributed by atoms with Crippen LogP contribution in [0.15, 0.2) is 53.4 Å². The minimum absolute atomic E-state index is 0.0191. The van der Waals surface area contributed by atoms with E-state index >= 15 is 0 Å². The van der Waals surface area contributed by atoms with Crippen molar-refractivity contribution in [3.63, 3.8) is 0 Å². The highest BCUT2D eigenvalue weighted by Crippen LogP contribution is 2.27. The van der Waals surface area contributed by atoms with Crippen LogP contribution in [0.4, 0.5) is 11.4 Å². The molecule has 0 fully saturated rings. The fourth-order valence-corrected chi connectivity index (χ4v) is 3.73. The summed E-state index contributed by atoms with van der Waals surface area (Å²) in [5.41, 5.74) is 7.12. The van der Waals surface area contributed by atoms with Gasteiger partial charge in [-0.2, -0.15) is 4.72 Å². The van der Waals surface area contributed by atoms with Crippen LogP contribution in [-0.4, -0.2) is 20.4 Å². The number of fused-ring (bicyclic) bond motifs is 1. The molecule has 22 heavy (non-hydrogen) atoms. The number of carbonyl (C=O) groups is 1. The third-order valence-corrected chi connectivity index (χ3v) is 4.98. The molecule has 0 radical (unpaired) electrons. The van der Waals surface area contributed by atoms with Crippen LogP contribution in [0.3, 0.4) is 0 Å². The maximum atomic E-state index is 12.4. The van der Waals surface area contributed by atoms with Gasteiger partial charge in [0.25, 0.3) is 0 Å². The molecule has 0 saturated heterocycles. The lowest BCUT2D eigenvalue weighted by Gasteiger charge is -2.14. The minimum atomic E-state index is -3.79. The van der Waals surface area contributed by atoms with Crippen LogP contribution in [-0.2, 0) is 21.2 Å². The van der Waals surface area contributed by atoms with E-state index in [2.05, 4.69) is 10.0 Å². The summed E-state index contributed by atoms with van der Waals surface area (Å²) in [5, 5.41) is 2.63. The van der Waals surface area contributed by atoms with Gasteiger partial charge >= 0.3 is 0 Å². The molecule has 114 valence electrons. The predicted octanol–water partition coefficient (Wildman–Crippen LogP) is 1.11. The van der Waals surface area contributed by atoms with Gasteiger partial charge in [-0.25, -0.2) is 8.42 Å². The molecule has 1 aliphatic heterocycles. The first kappa shape index (κ1) is 14.6. The number of anilines is 2. The highest BCUT2D eigenvalue weighted by molar-refractivity contribution is 7.89. The molecule has 0 saturated carbocycles. The Morgan fingerprint density at radius 3 is 2.55 bits per heavy atom. The molecule has 6 nitrogen and oxygen atoms in total. The predicted molar refractivity (Wildman–Crippen MR) is 83.7 cm³/mol. The van der Waals surface area contributed by atoms with E-state index in [0.29, 0.717) is 5.69 Å². The maximum absolute atomic E-state index is 12.4. The van der Waals surface area contributed by atoms with Gasteiger partial charge in [0.15, 0.2) is 0 Å². The van der Waals surface area contributed by atoms with Gasteiger partial charge in [-0.05, 0) is 30.2 Å². The molecule has 1 heterocycles. The molecule has 2 aromatic rings. The maximum Gasteiger partial charge on any atom is 0.243 e. The quantitative estimate of drug-likeness (QED) is 0.722. The van der Waals surface area contributed by atoms with Gasteiger partial charge in [-0.15, -0.1) is 0 Å². The van der Waals surface area contributed by atoms with E-state index in [1.807, 2.05) is 30.3 Å². The smallest absolute Gasteiger partial charge is 0.243 e. The second-order valence-electron chi connectivity index (χ2n) is 5.11. The lowest BCUT2D eigenvalue weighted by Crippen LogP contribution is -2.42. The van der Waals surface area contributed by atoms with Gasteiger partial charge in [0, 0.05) is 5.69 Å². The highest BCUT2D eigenvalue weighted by Gasteiger charge is 2.32. The number of nitrogens with one attached hydrogen (secondary N) is 2. The molecule has 2 aromatic carbocycles. The lowest BCUT2D eigenvalue weighted by atomic mass is 10.1. The molecule has 7 heteroatoms. The molecule has 0 spiro atoms. The van der Waals surface area contributed by atoms with Crippen LogP contribution >= 0.6 is 0 Å². The van der Waals surface area contributed by atoms with Crippen LogP contribution in [0.5, 0.6) is 0 Å². The van der Waals surface area contributed by atoms with Gasteiger partial charge in [-0.1, -0.05) is 30.3 Å². The largest absolute Gasteiger partial charge is 0.399 e. The topological polar surface area (TPSA) is 101 Å². The Kier molecular flexibility index (Phi) is 3.59. The summed E-state index contributed by atoms with van der Waals surface area (Å²) in [7, 11) is -3.79. The molecule has 0 aromatic heterocycles. The molecule has 0 bridgehead atoms. The minimum Gasteiger partial charge on any atom is -0.399 e. The van der Waals surface area contributed by atoms with Crippen LogP contribution in [0.25, 0.3) is 0 Å². The van der Waals surface area contributed by atoms with Crippen molar-refractivity contribution in [2.75, 3.05) is 11.1 Å². The van der Waals surface area contributed by atoms with E-state index in [9.17, 15) is 13.2 Å². The van der Waals surface area contributed by atoms with Crippen LogP contribution in [0.2, 0.25) is 0 Å². The summed E-state index contributed by atoms with van der Waals surface area (Å²) in [4.78, 5) is 12.3. The van der Waals surface area contributed by atoms with Gasteiger partial charge < -0.3 is 11.1 Å². The first-order chi connectivity index (χ1) is 10.5. The number of nitrogens with two attached hydrogens (primary N) is 1. The van der Waals surface area contributed by atoms with Crippen molar-refractivity contribution in [3.8, 4) is 0 Å². The zero-order valence-corrected chi connectivity index (χ0v) is 12.4. The average molecular weight is 317 g/mol. The zero-order valence-electron chi connectivity index (χ0n) is 11.6. The van der Waals surface area contributed by atoms with Gasteiger partial charge in [-0.3, -0.25) is 4.79 Å². The first-order valence-corrected chi connectivity index (χ1v) is 8.21. The number of hydrogen-bond acceptors (Lipinski definition) is 4. The van der Waals surface area contributed by atoms with Crippen LogP contribution in [0.1, 0.15) is 5.56 Å². The third kappa shape index (κ3) is 2.81. The SMILES string of the molecule is Nc1ccc2c(c1)NC(=O)C(Cc1ccccc1)NS2(=O)=O. The fraction of sp³-hybridized carbons (Fsp3) is 0.133. The summed E-state index contributed by atoms with van der Waals surface area (Å²) in [6, 6.07) is 12.7. The molecule has 1 atom stereocenters. The van der Waals surface area contributed by atoms with Crippen LogP contribution in [0, 0.1) is 0 Å². The Balaban J connectivity index is 1.96. The fourth-order valence-electron chi connectivity index (χ4n) is 2.39. The Bertz CT molecular complexity index is 819. The van der Waals surface area contributed by atoms with Crippen molar-refractivity contribution in [2.24, 2.45) is 0 Å². The van der Waals surface area contributed by atoms with Gasteiger partial charge in [0.2, 0.25) is 15.9 Å². The number of nitrogen functional groups attached to an aromatic ring is 1. The van der Waals surface area contributed by atoms with E-state index in [1.165, 1.54) is 18.2 Å². The van der Waals surface area contributed by atoms with E-state index in [1.54, 1.807) is 0 Å². The summed E-state index contributed by atoms with van der Waals surface area (Å²) in [6.07, 6.45) is 0.273. The number of benzene rings is 2. The molecule has 1 amide bonds. The standard InChI is InChI=1S/C15H15N3O3S/c16-11-6-7-14-12(9-11)17-15(19)13(18-22(14,20)21)8-10-4-2-1-3-5-10/h1-7,9,13,18H,8,16H2,(H,17,19). The van der Waals surface area contributed by atoms with E-state index in [-0.39, 0.29) is 17.0 Å². The average Bonchev–Trinajstić information content (AvgIpc) is 2.55. The van der Waals surface area contributed by atoms with Crippen molar-refractivity contribution in [3.05, 3.63) is 54.1 Å². The Hall–Kier alpha value is -2.38.